The molecular formula is C16H14ClF3N2O2. The molecular weight excluding hydrogens is 345 g/mol. The quantitative estimate of drug-likeness (QED) is 0.748. The lowest BCUT2D eigenvalue weighted by atomic mass is 10.1. The van der Waals surface area contributed by atoms with E-state index in [2.05, 4.69) is 14.7 Å². The number of hydrogen-bond acceptors (Lipinski definition) is 3. The summed E-state index contributed by atoms with van der Waals surface area (Å²) in [5.74, 6) is 1.14. The molecule has 24 heavy (non-hydrogen) atoms. The van der Waals surface area contributed by atoms with Crippen LogP contribution in [0.4, 0.5) is 13.2 Å². The number of benzene rings is 2. The van der Waals surface area contributed by atoms with E-state index < -0.39 is 6.36 Å². The summed E-state index contributed by atoms with van der Waals surface area (Å²) in [5.41, 5.74) is 2.09. The molecule has 4 nitrogen and oxygen atoms in total. The molecule has 0 atom stereocenters. The summed E-state index contributed by atoms with van der Waals surface area (Å²) in [6, 6.07) is 11.5. The van der Waals surface area contributed by atoms with Crippen LogP contribution >= 0.6 is 12.4 Å². The van der Waals surface area contributed by atoms with Gasteiger partial charge in [-0.2, -0.15) is 0 Å². The molecule has 128 valence electrons. The molecule has 0 radical (unpaired) electrons. The predicted octanol–water partition coefficient (Wildman–Crippen LogP) is 4.48. The number of hydrogen-bond donors (Lipinski definition) is 1. The lowest BCUT2D eigenvalue weighted by Gasteiger charge is -2.07. The molecule has 0 aliphatic rings. The van der Waals surface area contributed by atoms with E-state index in [0.717, 1.165) is 11.3 Å². The normalized spacial score (nSPS) is 11.2. The molecule has 2 aromatic carbocycles. The number of aromatic nitrogens is 2. The van der Waals surface area contributed by atoms with Gasteiger partial charge in [0.2, 0.25) is 0 Å². The second-order valence-electron chi connectivity index (χ2n) is 4.94. The van der Waals surface area contributed by atoms with Crippen LogP contribution in [0.15, 0.2) is 42.5 Å². The second kappa shape index (κ2) is 7.00. The molecule has 0 fully saturated rings. The molecule has 0 aliphatic heterocycles. The first-order valence-corrected chi connectivity index (χ1v) is 6.80. The van der Waals surface area contributed by atoms with Gasteiger partial charge in [0.05, 0.1) is 18.1 Å². The van der Waals surface area contributed by atoms with Crippen molar-refractivity contribution in [3.05, 3.63) is 53.9 Å². The Bertz CT molecular complexity index is 816. The number of H-pyrrole nitrogens is 1. The molecule has 0 aliphatic carbocycles. The zero-order chi connectivity index (χ0) is 16.4. The largest absolute Gasteiger partial charge is 0.573 e. The third-order valence-electron chi connectivity index (χ3n) is 3.27. The van der Waals surface area contributed by atoms with Crippen LogP contribution in [0.1, 0.15) is 11.4 Å². The van der Waals surface area contributed by atoms with Crippen molar-refractivity contribution in [2.24, 2.45) is 0 Å². The van der Waals surface area contributed by atoms with E-state index in [4.69, 9.17) is 4.74 Å². The highest BCUT2D eigenvalue weighted by atomic mass is 35.5. The van der Waals surface area contributed by atoms with Crippen LogP contribution in [0.3, 0.4) is 0 Å². The van der Waals surface area contributed by atoms with Crippen LogP contribution in [0.2, 0.25) is 0 Å². The molecule has 0 unspecified atom stereocenters. The Morgan fingerprint density at radius 1 is 1.04 bits per heavy atom. The summed E-state index contributed by atoms with van der Waals surface area (Å²) in [6.07, 6.45) is -4.17. The lowest BCUT2D eigenvalue weighted by Crippen LogP contribution is -2.16. The highest BCUT2D eigenvalue weighted by Crippen LogP contribution is 2.26. The second-order valence-corrected chi connectivity index (χ2v) is 4.94. The standard InChI is InChI=1S/C16H13F3N2O2.ClH/c1-22-11-4-2-10(3-5-11)8-15-20-13-7-6-12(9-14(13)21-15)23-16(17,18)19;/h2-7,9H,8H2,1H3,(H,20,21);1H. The van der Waals surface area contributed by atoms with Crippen molar-refractivity contribution in [1.29, 1.82) is 0 Å². The van der Waals surface area contributed by atoms with Gasteiger partial charge in [-0.1, -0.05) is 12.1 Å². The van der Waals surface area contributed by atoms with Gasteiger partial charge in [-0.25, -0.2) is 4.98 Å². The third-order valence-corrected chi connectivity index (χ3v) is 3.27. The van der Waals surface area contributed by atoms with E-state index in [-0.39, 0.29) is 18.2 Å². The van der Waals surface area contributed by atoms with Crippen molar-refractivity contribution in [2.75, 3.05) is 7.11 Å². The summed E-state index contributed by atoms with van der Waals surface area (Å²) >= 11 is 0. The van der Waals surface area contributed by atoms with Crippen LogP contribution in [0, 0.1) is 0 Å². The zero-order valence-corrected chi connectivity index (χ0v) is 13.4. The van der Waals surface area contributed by atoms with Gasteiger partial charge in [0, 0.05) is 12.5 Å². The van der Waals surface area contributed by atoms with E-state index in [1.54, 1.807) is 7.11 Å². The van der Waals surface area contributed by atoms with Crippen molar-refractivity contribution in [1.82, 2.24) is 9.97 Å². The minimum Gasteiger partial charge on any atom is -0.497 e. The van der Waals surface area contributed by atoms with Gasteiger partial charge in [-0.05, 0) is 29.8 Å². The minimum absolute atomic E-state index is 0. The van der Waals surface area contributed by atoms with Crippen molar-refractivity contribution in [3.63, 3.8) is 0 Å². The first-order valence-electron chi connectivity index (χ1n) is 6.80. The fourth-order valence-corrected chi connectivity index (χ4v) is 2.26. The van der Waals surface area contributed by atoms with Crippen LogP contribution in [0.5, 0.6) is 11.5 Å². The maximum Gasteiger partial charge on any atom is 0.573 e. The summed E-state index contributed by atoms with van der Waals surface area (Å²) < 4.78 is 45.7. The average Bonchev–Trinajstić information content (AvgIpc) is 2.88. The Kier molecular flexibility index (Phi) is 5.23. The number of alkyl halides is 3. The van der Waals surface area contributed by atoms with Crippen molar-refractivity contribution in [3.8, 4) is 11.5 Å². The summed E-state index contributed by atoms with van der Waals surface area (Å²) in [7, 11) is 1.59. The van der Waals surface area contributed by atoms with E-state index >= 15 is 0 Å². The SMILES string of the molecule is COc1ccc(Cc2nc3ccc(OC(F)(F)F)cc3[nH]2)cc1.Cl. The third kappa shape index (κ3) is 4.32. The molecule has 0 amide bonds. The molecule has 1 N–H and O–H groups in total. The van der Waals surface area contributed by atoms with Crippen molar-refractivity contribution >= 4 is 23.4 Å². The Morgan fingerprint density at radius 2 is 1.71 bits per heavy atom. The van der Waals surface area contributed by atoms with E-state index in [9.17, 15) is 13.2 Å². The first kappa shape index (κ1) is 17.9. The highest BCUT2D eigenvalue weighted by Gasteiger charge is 2.31. The number of methoxy groups -OCH3 is 1. The number of imidazole rings is 1. The Balaban J connectivity index is 0.00000208. The molecule has 0 saturated carbocycles. The van der Waals surface area contributed by atoms with E-state index in [1.165, 1.54) is 18.2 Å². The zero-order valence-electron chi connectivity index (χ0n) is 12.6. The maximum absolute atomic E-state index is 12.2. The van der Waals surface area contributed by atoms with Gasteiger partial charge in [-0.3, -0.25) is 0 Å². The maximum atomic E-state index is 12.2. The Hall–Kier alpha value is -2.41. The molecule has 3 rings (SSSR count). The number of nitrogens with zero attached hydrogens (tertiary/aromatic N) is 1. The molecule has 3 aromatic rings. The van der Waals surface area contributed by atoms with Crippen LogP contribution in [-0.4, -0.2) is 23.4 Å². The molecule has 0 bridgehead atoms. The van der Waals surface area contributed by atoms with Crippen LogP contribution in [0.25, 0.3) is 11.0 Å². The average molecular weight is 359 g/mol. The minimum atomic E-state index is -4.71. The van der Waals surface area contributed by atoms with Gasteiger partial charge in [0.15, 0.2) is 0 Å². The van der Waals surface area contributed by atoms with E-state index in [1.807, 2.05) is 24.3 Å². The number of rotatable bonds is 4. The van der Waals surface area contributed by atoms with E-state index in [0.29, 0.717) is 23.3 Å². The number of halogens is 4. The molecule has 1 aromatic heterocycles. The first-order chi connectivity index (χ1) is 10.9. The summed E-state index contributed by atoms with van der Waals surface area (Å²) in [5, 5.41) is 0. The molecule has 1 heterocycles. The smallest absolute Gasteiger partial charge is 0.497 e. The highest BCUT2D eigenvalue weighted by molar-refractivity contribution is 5.85. The summed E-state index contributed by atoms with van der Waals surface area (Å²) in [4.78, 5) is 7.37. The van der Waals surface area contributed by atoms with Gasteiger partial charge in [0.1, 0.15) is 17.3 Å². The summed E-state index contributed by atoms with van der Waals surface area (Å²) in [6.45, 7) is 0. The van der Waals surface area contributed by atoms with Crippen molar-refractivity contribution in [2.45, 2.75) is 12.8 Å². The topological polar surface area (TPSA) is 47.1 Å². The Labute approximate surface area is 142 Å². The van der Waals surface area contributed by atoms with Crippen LogP contribution in [-0.2, 0) is 6.42 Å². The molecule has 0 spiro atoms. The molecule has 0 saturated heterocycles. The van der Waals surface area contributed by atoms with Gasteiger partial charge in [-0.15, -0.1) is 25.6 Å². The lowest BCUT2D eigenvalue weighted by molar-refractivity contribution is -0.274. The molecule has 8 heteroatoms. The van der Waals surface area contributed by atoms with Crippen LogP contribution < -0.4 is 9.47 Å². The monoisotopic (exact) mass is 358 g/mol. The predicted molar refractivity (Wildman–Crippen MR) is 85.8 cm³/mol. The number of nitrogens with one attached hydrogen (secondary N) is 1. The fraction of sp³-hybridized carbons (Fsp3) is 0.188. The fourth-order valence-electron chi connectivity index (χ4n) is 2.26. The Morgan fingerprint density at radius 3 is 2.33 bits per heavy atom. The number of ether oxygens (including phenoxy) is 2. The number of fused-ring (bicyclic) bond motifs is 1. The number of aromatic amines is 1. The van der Waals surface area contributed by atoms with Gasteiger partial charge < -0.3 is 14.5 Å². The van der Waals surface area contributed by atoms with Gasteiger partial charge in [0.25, 0.3) is 0 Å². The van der Waals surface area contributed by atoms with Crippen molar-refractivity contribution < 1.29 is 22.6 Å². The van der Waals surface area contributed by atoms with Gasteiger partial charge >= 0.3 is 6.36 Å².